The molecule has 1 saturated heterocycles. The van der Waals surface area contributed by atoms with Crippen molar-refractivity contribution in [3.05, 3.63) is 0 Å². The van der Waals surface area contributed by atoms with Crippen LogP contribution in [0.15, 0.2) is 0 Å². The molecule has 102 valence electrons. The van der Waals surface area contributed by atoms with E-state index in [1.165, 1.54) is 19.3 Å². The van der Waals surface area contributed by atoms with E-state index >= 15 is 0 Å². The van der Waals surface area contributed by atoms with Crippen LogP contribution in [-0.2, 0) is 4.74 Å². The number of ether oxygens (including phenoxy) is 1. The van der Waals surface area contributed by atoms with Gasteiger partial charge in [0.2, 0.25) is 0 Å². The largest absolute Gasteiger partial charge is 0.378 e. The summed E-state index contributed by atoms with van der Waals surface area (Å²) >= 11 is 0. The van der Waals surface area contributed by atoms with Gasteiger partial charge in [-0.25, -0.2) is 0 Å². The number of nitrogens with one attached hydrogen (secondary N) is 1. The monoisotopic (exact) mass is 241 g/mol. The number of hydrogen-bond donors (Lipinski definition) is 1. The minimum atomic E-state index is 0.201. The third kappa shape index (κ3) is 4.97. The van der Waals surface area contributed by atoms with Crippen LogP contribution in [0.2, 0.25) is 0 Å². The van der Waals surface area contributed by atoms with E-state index in [-0.39, 0.29) is 5.54 Å². The molecule has 2 atom stereocenters. The lowest BCUT2D eigenvalue weighted by Crippen LogP contribution is -2.46. The maximum absolute atomic E-state index is 5.80. The maximum atomic E-state index is 5.80. The van der Waals surface area contributed by atoms with Crippen molar-refractivity contribution in [1.29, 1.82) is 0 Å². The highest BCUT2D eigenvalue weighted by atomic mass is 16.5. The minimum absolute atomic E-state index is 0.201. The Kier molecular flexibility index (Phi) is 5.03. The molecule has 0 aromatic rings. The molecule has 0 aromatic carbocycles. The fourth-order valence-electron chi connectivity index (χ4n) is 2.30. The van der Waals surface area contributed by atoms with E-state index < -0.39 is 0 Å². The summed E-state index contributed by atoms with van der Waals surface area (Å²) < 4.78 is 5.80. The van der Waals surface area contributed by atoms with Crippen molar-refractivity contribution in [3.8, 4) is 0 Å². The van der Waals surface area contributed by atoms with Crippen molar-refractivity contribution in [2.24, 2.45) is 11.3 Å². The first-order valence-corrected chi connectivity index (χ1v) is 7.09. The molecule has 1 rings (SSSR count). The summed E-state index contributed by atoms with van der Waals surface area (Å²) in [5.74, 6) is 0.682. The van der Waals surface area contributed by atoms with Gasteiger partial charge in [0, 0.05) is 18.7 Å². The van der Waals surface area contributed by atoms with Gasteiger partial charge >= 0.3 is 0 Å². The quantitative estimate of drug-likeness (QED) is 0.794. The van der Waals surface area contributed by atoms with Crippen LogP contribution in [0.5, 0.6) is 0 Å². The van der Waals surface area contributed by atoms with E-state index in [9.17, 15) is 0 Å². The number of rotatable bonds is 5. The third-order valence-corrected chi connectivity index (χ3v) is 4.13. The molecule has 2 heteroatoms. The smallest absolute Gasteiger partial charge is 0.0581 e. The molecule has 2 nitrogen and oxygen atoms in total. The third-order valence-electron chi connectivity index (χ3n) is 4.13. The summed E-state index contributed by atoms with van der Waals surface area (Å²) in [6.45, 7) is 15.8. The van der Waals surface area contributed by atoms with Gasteiger partial charge in [0.15, 0.2) is 0 Å². The summed E-state index contributed by atoms with van der Waals surface area (Å²) in [6, 6.07) is 0. The molecule has 17 heavy (non-hydrogen) atoms. The summed E-state index contributed by atoms with van der Waals surface area (Å²) in [4.78, 5) is 0. The molecule has 0 amide bonds. The highest BCUT2D eigenvalue weighted by Gasteiger charge is 2.33. The summed E-state index contributed by atoms with van der Waals surface area (Å²) in [6.07, 6.45) is 4.17. The molecule has 1 fully saturated rings. The average Bonchev–Trinajstić information content (AvgIpc) is 2.66. The Labute approximate surface area is 108 Å². The molecule has 1 heterocycles. The molecular weight excluding hydrogens is 210 g/mol. The van der Waals surface area contributed by atoms with Crippen molar-refractivity contribution in [2.45, 2.75) is 72.4 Å². The zero-order valence-corrected chi connectivity index (χ0v) is 12.6. The summed E-state index contributed by atoms with van der Waals surface area (Å²) in [7, 11) is 0. The van der Waals surface area contributed by atoms with Crippen LogP contribution in [0.3, 0.4) is 0 Å². The Morgan fingerprint density at radius 1 is 1.24 bits per heavy atom. The van der Waals surface area contributed by atoms with Crippen molar-refractivity contribution < 1.29 is 4.74 Å². The molecule has 0 aliphatic carbocycles. The Morgan fingerprint density at radius 3 is 2.29 bits per heavy atom. The first kappa shape index (κ1) is 15.0. The SMILES string of the molecule is CC(C)C(C)(CNC(C)(C)C)CC1CCCO1. The van der Waals surface area contributed by atoms with Gasteiger partial charge in [0.05, 0.1) is 6.10 Å². The van der Waals surface area contributed by atoms with E-state index in [0.717, 1.165) is 13.2 Å². The molecule has 0 aromatic heterocycles. The predicted octanol–water partition coefficient (Wildman–Crippen LogP) is 3.61. The summed E-state index contributed by atoms with van der Waals surface area (Å²) in [5, 5.41) is 3.66. The van der Waals surface area contributed by atoms with E-state index in [1.54, 1.807) is 0 Å². The molecule has 1 aliphatic rings. The van der Waals surface area contributed by atoms with Crippen LogP contribution in [0, 0.1) is 11.3 Å². The van der Waals surface area contributed by atoms with E-state index in [0.29, 0.717) is 17.4 Å². The van der Waals surface area contributed by atoms with E-state index in [2.05, 4.69) is 46.9 Å². The molecule has 2 unspecified atom stereocenters. The van der Waals surface area contributed by atoms with Gasteiger partial charge in [-0.05, 0) is 51.4 Å². The molecule has 1 N–H and O–H groups in total. The molecular formula is C15H31NO. The zero-order chi connectivity index (χ0) is 13.1. The van der Waals surface area contributed by atoms with Crippen molar-refractivity contribution in [2.75, 3.05) is 13.2 Å². The molecule has 0 saturated carbocycles. The fraction of sp³-hybridized carbons (Fsp3) is 1.00. The maximum Gasteiger partial charge on any atom is 0.0581 e. The normalized spacial score (nSPS) is 25.2. The lowest BCUT2D eigenvalue weighted by atomic mass is 9.74. The van der Waals surface area contributed by atoms with Crippen LogP contribution in [0.1, 0.15) is 60.8 Å². The molecule has 0 radical (unpaired) electrons. The lowest BCUT2D eigenvalue weighted by molar-refractivity contribution is 0.0451. The highest BCUT2D eigenvalue weighted by Crippen LogP contribution is 2.35. The first-order chi connectivity index (χ1) is 7.73. The Bertz CT molecular complexity index is 226. The standard InChI is InChI=1S/C15H31NO/c1-12(2)15(6,11-16-14(3,4)5)10-13-8-7-9-17-13/h12-13,16H,7-11H2,1-6H3. The summed E-state index contributed by atoms with van der Waals surface area (Å²) in [5.41, 5.74) is 0.537. The van der Waals surface area contributed by atoms with Crippen LogP contribution < -0.4 is 5.32 Å². The fourth-order valence-corrected chi connectivity index (χ4v) is 2.30. The van der Waals surface area contributed by atoms with Gasteiger partial charge in [-0.1, -0.05) is 20.8 Å². The zero-order valence-electron chi connectivity index (χ0n) is 12.6. The first-order valence-electron chi connectivity index (χ1n) is 7.09. The van der Waals surface area contributed by atoms with Crippen LogP contribution in [-0.4, -0.2) is 24.8 Å². The van der Waals surface area contributed by atoms with Gasteiger partial charge in [-0.15, -0.1) is 0 Å². The Balaban J connectivity index is 2.54. The van der Waals surface area contributed by atoms with Gasteiger partial charge in [0.1, 0.15) is 0 Å². The van der Waals surface area contributed by atoms with Crippen molar-refractivity contribution in [3.63, 3.8) is 0 Å². The topological polar surface area (TPSA) is 21.3 Å². The second kappa shape index (κ2) is 5.71. The van der Waals surface area contributed by atoms with Gasteiger partial charge in [-0.2, -0.15) is 0 Å². The van der Waals surface area contributed by atoms with Gasteiger partial charge < -0.3 is 10.1 Å². The van der Waals surface area contributed by atoms with E-state index in [1.807, 2.05) is 0 Å². The molecule has 1 aliphatic heterocycles. The molecule has 0 bridgehead atoms. The number of hydrogen-bond acceptors (Lipinski definition) is 2. The predicted molar refractivity (Wildman–Crippen MR) is 74.3 cm³/mol. The minimum Gasteiger partial charge on any atom is -0.378 e. The molecule has 0 spiro atoms. The van der Waals surface area contributed by atoms with Gasteiger partial charge in [0.25, 0.3) is 0 Å². The van der Waals surface area contributed by atoms with Crippen LogP contribution in [0.4, 0.5) is 0 Å². The second-order valence-electron chi connectivity index (χ2n) is 7.25. The van der Waals surface area contributed by atoms with Crippen LogP contribution >= 0.6 is 0 Å². The van der Waals surface area contributed by atoms with Gasteiger partial charge in [-0.3, -0.25) is 0 Å². The second-order valence-corrected chi connectivity index (χ2v) is 7.25. The lowest BCUT2D eigenvalue weighted by Gasteiger charge is -2.38. The highest BCUT2D eigenvalue weighted by molar-refractivity contribution is 4.87. The van der Waals surface area contributed by atoms with Crippen molar-refractivity contribution in [1.82, 2.24) is 5.32 Å². The van der Waals surface area contributed by atoms with Crippen LogP contribution in [0.25, 0.3) is 0 Å². The Morgan fingerprint density at radius 2 is 1.88 bits per heavy atom. The average molecular weight is 241 g/mol. The Hall–Kier alpha value is -0.0800. The van der Waals surface area contributed by atoms with E-state index in [4.69, 9.17) is 4.74 Å². The van der Waals surface area contributed by atoms with Crippen molar-refractivity contribution >= 4 is 0 Å².